The largest absolute Gasteiger partial charge is 0.397 e. The molecule has 4 rings (SSSR count). The highest BCUT2D eigenvalue weighted by atomic mass is 32.1. The molecule has 0 aliphatic heterocycles. The van der Waals surface area contributed by atoms with E-state index in [1.54, 1.807) is 25.4 Å². The Bertz CT molecular complexity index is 1220. The molecule has 7 heteroatoms. The number of ketones is 1. The molecule has 0 aliphatic carbocycles. The van der Waals surface area contributed by atoms with E-state index in [-0.39, 0.29) is 11.7 Å². The van der Waals surface area contributed by atoms with Crippen LogP contribution < -0.4 is 11.1 Å². The molecule has 6 nitrogen and oxygen atoms in total. The van der Waals surface area contributed by atoms with Crippen LogP contribution in [0.2, 0.25) is 0 Å². The number of nitrogens with two attached hydrogens (primary N) is 1. The first-order chi connectivity index (χ1) is 13.0. The van der Waals surface area contributed by atoms with Crippen molar-refractivity contribution in [1.82, 2.24) is 9.97 Å². The highest BCUT2D eigenvalue weighted by Gasteiger charge is 2.20. The molecule has 3 N–H and O–H groups in total. The lowest BCUT2D eigenvalue weighted by Crippen LogP contribution is -2.12. The van der Waals surface area contributed by atoms with Gasteiger partial charge in [-0.1, -0.05) is 24.3 Å². The summed E-state index contributed by atoms with van der Waals surface area (Å²) >= 11 is 1.21. The van der Waals surface area contributed by atoms with Crippen molar-refractivity contribution < 1.29 is 9.59 Å². The maximum Gasteiger partial charge on any atom is 0.268 e. The van der Waals surface area contributed by atoms with Gasteiger partial charge in [0.2, 0.25) is 0 Å². The summed E-state index contributed by atoms with van der Waals surface area (Å²) in [5, 5.41) is 5.34. The summed E-state index contributed by atoms with van der Waals surface area (Å²) in [6.45, 7) is 3.26. The van der Waals surface area contributed by atoms with Crippen LogP contribution in [0.5, 0.6) is 0 Å². The summed E-state index contributed by atoms with van der Waals surface area (Å²) in [6, 6.07) is 9.39. The van der Waals surface area contributed by atoms with Gasteiger partial charge in [0.15, 0.2) is 5.78 Å². The minimum absolute atomic E-state index is 0.0830. The number of rotatable bonds is 3. The number of aromatic nitrogens is 2. The molecule has 134 valence electrons. The van der Waals surface area contributed by atoms with Crippen LogP contribution in [-0.4, -0.2) is 21.7 Å². The van der Waals surface area contributed by atoms with Crippen molar-refractivity contribution in [3.8, 4) is 0 Å². The number of Topliss-reactive ketones (excluding diaryl/α,β-unsaturated/α-hetero) is 1. The molecular formula is C20H16N4O2S. The number of hydrogen-bond acceptors (Lipinski definition) is 6. The van der Waals surface area contributed by atoms with Gasteiger partial charge in [0.1, 0.15) is 9.71 Å². The van der Waals surface area contributed by atoms with Gasteiger partial charge in [0.05, 0.1) is 17.6 Å². The van der Waals surface area contributed by atoms with Gasteiger partial charge >= 0.3 is 0 Å². The number of amides is 1. The number of benzene rings is 1. The van der Waals surface area contributed by atoms with Crippen molar-refractivity contribution in [3.63, 3.8) is 0 Å². The maximum absolute atomic E-state index is 12.8. The van der Waals surface area contributed by atoms with Crippen LogP contribution in [0.4, 0.5) is 11.4 Å². The number of aryl methyl sites for hydroxylation is 1. The number of nitrogens with zero attached hydrogens (tertiary/aromatic N) is 2. The number of nitrogen functional groups attached to an aromatic ring is 1. The molecule has 3 heterocycles. The number of nitrogens with one attached hydrogen (secondary N) is 1. The summed E-state index contributed by atoms with van der Waals surface area (Å²) in [4.78, 5) is 34.2. The third-order valence-corrected chi connectivity index (χ3v) is 5.53. The van der Waals surface area contributed by atoms with Crippen LogP contribution in [-0.2, 0) is 0 Å². The number of carbonyl (C=O) groups is 2. The van der Waals surface area contributed by atoms with Crippen LogP contribution in [0.15, 0.2) is 42.7 Å². The molecule has 4 aromatic rings. The van der Waals surface area contributed by atoms with Crippen LogP contribution in [0, 0.1) is 6.92 Å². The maximum atomic E-state index is 12.8. The average Bonchev–Trinajstić information content (AvgIpc) is 2.97. The minimum atomic E-state index is -0.323. The lowest BCUT2D eigenvalue weighted by Gasteiger charge is -2.07. The minimum Gasteiger partial charge on any atom is -0.397 e. The predicted molar refractivity (Wildman–Crippen MR) is 108 cm³/mol. The molecule has 0 fully saturated rings. The lowest BCUT2D eigenvalue weighted by molar-refractivity contribution is 0.101. The van der Waals surface area contributed by atoms with Crippen molar-refractivity contribution in [2.75, 3.05) is 11.1 Å². The Morgan fingerprint density at radius 1 is 1.15 bits per heavy atom. The van der Waals surface area contributed by atoms with E-state index in [4.69, 9.17) is 5.73 Å². The van der Waals surface area contributed by atoms with Gasteiger partial charge in [-0.05, 0) is 19.9 Å². The van der Waals surface area contributed by atoms with E-state index in [9.17, 15) is 9.59 Å². The fourth-order valence-corrected chi connectivity index (χ4v) is 4.07. The fourth-order valence-electron chi connectivity index (χ4n) is 3.05. The van der Waals surface area contributed by atoms with Gasteiger partial charge in [-0.2, -0.15) is 0 Å². The number of anilines is 2. The molecule has 0 bridgehead atoms. The number of pyridine rings is 2. The molecule has 3 aromatic heterocycles. The molecule has 0 spiro atoms. The summed E-state index contributed by atoms with van der Waals surface area (Å²) in [7, 11) is 0. The van der Waals surface area contributed by atoms with Crippen molar-refractivity contribution in [3.05, 3.63) is 58.9 Å². The molecular weight excluding hydrogens is 360 g/mol. The number of fused-ring (bicyclic) bond motifs is 2. The summed E-state index contributed by atoms with van der Waals surface area (Å²) in [5.41, 5.74) is 8.29. The van der Waals surface area contributed by atoms with E-state index in [0.29, 0.717) is 37.7 Å². The van der Waals surface area contributed by atoms with Crippen molar-refractivity contribution in [2.45, 2.75) is 13.8 Å². The Labute approximate surface area is 159 Å². The summed E-state index contributed by atoms with van der Waals surface area (Å²) < 4.78 is 0. The molecule has 0 saturated heterocycles. The number of thiophene rings is 1. The SMILES string of the molecule is CC(=O)c1cc2c(N)c(C(=O)Nc3cncc4ccccc34)sc2nc1C. The molecule has 1 aromatic carbocycles. The van der Waals surface area contributed by atoms with Crippen molar-refractivity contribution >= 4 is 55.4 Å². The third kappa shape index (κ3) is 2.92. The van der Waals surface area contributed by atoms with E-state index in [1.807, 2.05) is 24.3 Å². The van der Waals surface area contributed by atoms with Gasteiger partial charge in [-0.25, -0.2) is 4.98 Å². The zero-order valence-corrected chi connectivity index (χ0v) is 15.6. The second-order valence-corrected chi connectivity index (χ2v) is 7.24. The molecule has 0 radical (unpaired) electrons. The molecule has 27 heavy (non-hydrogen) atoms. The average molecular weight is 376 g/mol. The molecule has 0 aliphatic rings. The monoisotopic (exact) mass is 376 g/mol. The smallest absolute Gasteiger partial charge is 0.268 e. The predicted octanol–water partition coefficient (Wildman–Crippen LogP) is 4.19. The first kappa shape index (κ1) is 17.1. The van der Waals surface area contributed by atoms with Gasteiger partial charge in [-0.3, -0.25) is 14.6 Å². The van der Waals surface area contributed by atoms with Crippen molar-refractivity contribution in [1.29, 1.82) is 0 Å². The molecule has 1 amide bonds. The zero-order valence-electron chi connectivity index (χ0n) is 14.7. The first-order valence-corrected chi connectivity index (χ1v) is 9.12. The normalized spacial score (nSPS) is 11.0. The van der Waals surface area contributed by atoms with Crippen molar-refractivity contribution in [2.24, 2.45) is 0 Å². The Morgan fingerprint density at radius 2 is 1.93 bits per heavy atom. The van der Waals surface area contributed by atoms with E-state index >= 15 is 0 Å². The highest BCUT2D eigenvalue weighted by Crippen LogP contribution is 2.34. The van der Waals surface area contributed by atoms with Gasteiger partial charge < -0.3 is 11.1 Å². The van der Waals surface area contributed by atoms with Gasteiger partial charge in [-0.15, -0.1) is 11.3 Å². The number of carbonyl (C=O) groups excluding carboxylic acids is 2. The van der Waals surface area contributed by atoms with Crippen LogP contribution in [0.1, 0.15) is 32.6 Å². The molecule has 0 saturated carbocycles. The first-order valence-electron chi connectivity index (χ1n) is 8.30. The van der Waals surface area contributed by atoms with E-state index in [1.165, 1.54) is 18.3 Å². The summed E-state index contributed by atoms with van der Waals surface area (Å²) in [6.07, 6.45) is 3.36. The number of hydrogen-bond donors (Lipinski definition) is 2. The van der Waals surface area contributed by atoms with E-state index in [0.717, 1.165) is 10.8 Å². The van der Waals surface area contributed by atoms with E-state index < -0.39 is 0 Å². The Kier molecular flexibility index (Phi) is 4.08. The van der Waals surface area contributed by atoms with Gasteiger partial charge in [0, 0.05) is 33.6 Å². The zero-order chi connectivity index (χ0) is 19.1. The standard InChI is InChI=1S/C20H16N4O2S/c1-10-14(11(2)25)7-15-17(21)18(27-20(15)23-10)19(26)24-16-9-22-8-12-5-3-4-6-13(12)16/h3-9H,21H2,1-2H3,(H,24,26). The lowest BCUT2D eigenvalue weighted by atomic mass is 10.1. The second-order valence-electron chi connectivity index (χ2n) is 6.24. The van der Waals surface area contributed by atoms with E-state index in [2.05, 4.69) is 15.3 Å². The molecule has 0 atom stereocenters. The van der Waals surface area contributed by atoms with Crippen LogP contribution in [0.3, 0.4) is 0 Å². The quantitative estimate of drug-likeness (QED) is 0.523. The summed E-state index contributed by atoms with van der Waals surface area (Å²) in [5.74, 6) is -0.406. The van der Waals surface area contributed by atoms with Gasteiger partial charge in [0.25, 0.3) is 5.91 Å². The Hall–Kier alpha value is -3.32. The molecule has 0 unspecified atom stereocenters. The van der Waals surface area contributed by atoms with Crippen LogP contribution in [0.25, 0.3) is 21.0 Å². The van der Waals surface area contributed by atoms with Crippen LogP contribution >= 0.6 is 11.3 Å². The second kappa shape index (κ2) is 6.44. The fraction of sp³-hybridized carbons (Fsp3) is 0.100. The Balaban J connectivity index is 1.76. The third-order valence-electron chi connectivity index (χ3n) is 4.41. The Morgan fingerprint density at radius 3 is 2.70 bits per heavy atom. The topological polar surface area (TPSA) is 98.0 Å². The highest BCUT2D eigenvalue weighted by molar-refractivity contribution is 7.21.